The van der Waals surface area contributed by atoms with E-state index in [2.05, 4.69) is 6.92 Å². The largest absolute Gasteiger partial charge is 0.394 e. The molecule has 0 heterocycles. The van der Waals surface area contributed by atoms with Gasteiger partial charge in [0, 0.05) is 0 Å². The first kappa shape index (κ1) is 29.1. The van der Waals surface area contributed by atoms with Gasteiger partial charge in [0.05, 0.1) is 0 Å². The molecular formula is C15H34NNaO6S. The SMILES string of the molecule is CC(N)C(=O)O.CCCCCCCCCCC[CH2][Na].O=S(=O)(O)O. The molecule has 0 radical (unpaired) electrons. The zero-order valence-corrected chi connectivity index (χ0v) is 18.2. The summed E-state index contributed by atoms with van der Waals surface area (Å²) in [7, 11) is -4.67. The second-order valence-electron chi connectivity index (χ2n) is 5.76. The minimum Gasteiger partial charge on any atom is -0.264 e. The molecule has 0 saturated heterocycles. The molecule has 5 N–H and O–H groups in total. The van der Waals surface area contributed by atoms with Crippen LogP contribution in [-0.4, -0.2) is 62.6 Å². The maximum absolute atomic E-state index is 9.57. The van der Waals surface area contributed by atoms with E-state index in [0.29, 0.717) is 0 Å². The van der Waals surface area contributed by atoms with Crippen molar-refractivity contribution >= 4 is 44.3 Å². The summed E-state index contributed by atoms with van der Waals surface area (Å²) in [5.41, 5.74) is 4.84. The standard InChI is InChI=1S/C12H25.C3H7NO2.Na.H2O4S/c1-3-5-7-9-11-12-10-8-6-4-2;1-2(4)3(5)6;;1-5(2,3)4/h1,3-12H2,2H3;2H,4H2,1H3,(H,5,6);;(H2,1,2,3,4). The van der Waals surface area contributed by atoms with Crippen LogP contribution in [0.15, 0.2) is 0 Å². The molecule has 0 spiro atoms. The van der Waals surface area contributed by atoms with Crippen molar-refractivity contribution in [2.24, 2.45) is 5.73 Å². The first-order chi connectivity index (χ1) is 11.1. The fourth-order valence-electron chi connectivity index (χ4n) is 1.74. The molecule has 0 bridgehead atoms. The van der Waals surface area contributed by atoms with E-state index in [4.69, 9.17) is 28.4 Å². The summed E-state index contributed by atoms with van der Waals surface area (Å²) in [6.07, 6.45) is 14.7. The van der Waals surface area contributed by atoms with Crippen molar-refractivity contribution in [1.29, 1.82) is 0 Å². The van der Waals surface area contributed by atoms with Gasteiger partial charge in [-0.1, -0.05) is 0 Å². The first-order valence-electron chi connectivity index (χ1n) is 8.74. The number of carboxylic acids is 1. The van der Waals surface area contributed by atoms with E-state index in [1.165, 1.54) is 103 Å². The molecular weight excluding hydrogens is 345 g/mol. The van der Waals surface area contributed by atoms with Crippen LogP contribution in [0, 0.1) is 0 Å². The van der Waals surface area contributed by atoms with Gasteiger partial charge in [-0.2, -0.15) is 8.42 Å². The molecule has 0 aliphatic heterocycles. The van der Waals surface area contributed by atoms with E-state index in [9.17, 15) is 4.79 Å². The van der Waals surface area contributed by atoms with Gasteiger partial charge in [0.1, 0.15) is 6.04 Å². The van der Waals surface area contributed by atoms with E-state index in [1.807, 2.05) is 0 Å². The first-order valence-corrected chi connectivity index (χ1v) is 11.6. The molecule has 0 saturated carbocycles. The monoisotopic (exact) mass is 379 g/mol. The summed E-state index contributed by atoms with van der Waals surface area (Å²) >= 11 is 1.41. The number of hydrogen-bond acceptors (Lipinski definition) is 4. The van der Waals surface area contributed by atoms with Crippen LogP contribution in [-0.2, 0) is 15.2 Å². The molecule has 9 heteroatoms. The quantitative estimate of drug-likeness (QED) is 0.245. The third-order valence-electron chi connectivity index (χ3n) is 3.10. The molecule has 0 aliphatic carbocycles. The Hall–Kier alpha value is 0.300. The van der Waals surface area contributed by atoms with Crippen LogP contribution in [0.3, 0.4) is 0 Å². The Morgan fingerprint density at radius 1 is 0.958 bits per heavy atom. The van der Waals surface area contributed by atoms with Gasteiger partial charge in [-0.05, 0) is 6.92 Å². The summed E-state index contributed by atoms with van der Waals surface area (Å²) in [6, 6.07) is -0.731. The summed E-state index contributed by atoms with van der Waals surface area (Å²) in [4.78, 5) is 9.57. The summed E-state index contributed by atoms with van der Waals surface area (Å²) in [6.45, 7) is 3.70. The number of carboxylic acid groups (broad SMARTS) is 1. The maximum Gasteiger partial charge on any atom is 0.394 e. The van der Waals surface area contributed by atoms with E-state index in [0.717, 1.165) is 0 Å². The maximum atomic E-state index is 9.57. The molecule has 142 valence electrons. The number of nitrogens with two attached hydrogens (primary N) is 1. The van der Waals surface area contributed by atoms with Gasteiger partial charge in [0.25, 0.3) is 0 Å². The molecule has 1 unspecified atom stereocenters. The van der Waals surface area contributed by atoms with Gasteiger partial charge in [0.15, 0.2) is 0 Å². The minimum absolute atomic E-state index is 0.731. The van der Waals surface area contributed by atoms with Crippen LogP contribution in [0.1, 0.15) is 78.1 Å². The van der Waals surface area contributed by atoms with Crippen molar-refractivity contribution in [2.75, 3.05) is 0 Å². The number of unbranched alkanes of at least 4 members (excludes halogenated alkanes) is 9. The summed E-state index contributed by atoms with van der Waals surface area (Å²) in [5.74, 6) is -0.963. The molecule has 7 nitrogen and oxygen atoms in total. The summed E-state index contributed by atoms with van der Waals surface area (Å²) < 4.78 is 33.1. The third kappa shape index (κ3) is 49.5. The van der Waals surface area contributed by atoms with Crippen molar-refractivity contribution < 1.29 is 27.4 Å². The molecule has 0 rings (SSSR count). The molecule has 0 aromatic rings. The van der Waals surface area contributed by atoms with Crippen LogP contribution < -0.4 is 5.73 Å². The fourth-order valence-corrected chi connectivity index (χ4v) is 2.24. The Balaban J connectivity index is -0.000000332. The van der Waals surface area contributed by atoms with Crippen LogP contribution in [0.2, 0.25) is 3.67 Å². The van der Waals surface area contributed by atoms with Gasteiger partial charge in [-0.25, -0.2) is 0 Å². The third-order valence-corrected chi connectivity index (χ3v) is 3.80. The normalized spacial score (nSPS) is 11.6. The van der Waals surface area contributed by atoms with E-state index >= 15 is 0 Å². The van der Waals surface area contributed by atoms with Crippen molar-refractivity contribution in [3.8, 4) is 0 Å². The van der Waals surface area contributed by atoms with Gasteiger partial charge < -0.3 is 10.8 Å². The van der Waals surface area contributed by atoms with Crippen molar-refractivity contribution in [1.82, 2.24) is 0 Å². The number of carbonyl (C=O) groups is 1. The fraction of sp³-hybridized carbons (Fsp3) is 0.933. The molecule has 24 heavy (non-hydrogen) atoms. The van der Waals surface area contributed by atoms with Gasteiger partial charge in [-0.15, -0.1) is 0 Å². The second-order valence-corrected chi connectivity index (χ2v) is 7.65. The zero-order chi connectivity index (χ0) is 19.4. The molecule has 1 atom stereocenters. The molecule has 0 fully saturated rings. The number of hydrogen-bond donors (Lipinski definition) is 4. The van der Waals surface area contributed by atoms with E-state index in [1.54, 1.807) is 0 Å². The Bertz CT molecular complexity index is 345. The Morgan fingerprint density at radius 3 is 1.42 bits per heavy atom. The smallest absolute Gasteiger partial charge is 0.264 e. The Kier molecular flexibility index (Phi) is 25.9. The van der Waals surface area contributed by atoms with Crippen LogP contribution in [0.4, 0.5) is 0 Å². The predicted octanol–water partition coefficient (Wildman–Crippen LogP) is 3.26. The van der Waals surface area contributed by atoms with Crippen molar-refractivity contribution in [2.45, 2.75) is 87.8 Å². The van der Waals surface area contributed by atoms with Gasteiger partial charge in [0.2, 0.25) is 0 Å². The molecule has 0 aromatic heterocycles. The van der Waals surface area contributed by atoms with Crippen LogP contribution in [0.25, 0.3) is 0 Å². The van der Waals surface area contributed by atoms with E-state index < -0.39 is 22.4 Å². The average molecular weight is 379 g/mol. The second kappa shape index (κ2) is 21.3. The Morgan fingerprint density at radius 2 is 1.21 bits per heavy atom. The van der Waals surface area contributed by atoms with Crippen LogP contribution >= 0.6 is 0 Å². The zero-order valence-electron chi connectivity index (χ0n) is 15.4. The molecule has 0 aliphatic rings. The topological polar surface area (TPSA) is 138 Å². The van der Waals surface area contributed by atoms with E-state index in [-0.39, 0.29) is 0 Å². The average Bonchev–Trinajstić information content (AvgIpc) is 2.44. The number of aliphatic carboxylic acids is 1. The predicted molar refractivity (Wildman–Crippen MR) is 97.9 cm³/mol. The Labute approximate surface area is 164 Å². The van der Waals surface area contributed by atoms with Gasteiger partial charge in [-0.3, -0.25) is 13.9 Å². The minimum atomic E-state index is -4.67. The van der Waals surface area contributed by atoms with Crippen molar-refractivity contribution in [3.63, 3.8) is 0 Å². The summed E-state index contributed by atoms with van der Waals surface area (Å²) in [5, 5.41) is 7.87. The molecule has 0 amide bonds. The number of rotatable bonds is 11. The van der Waals surface area contributed by atoms with Crippen molar-refractivity contribution in [3.05, 3.63) is 0 Å². The molecule has 0 aromatic carbocycles. The van der Waals surface area contributed by atoms with Gasteiger partial charge >= 0.3 is 119 Å². The van der Waals surface area contributed by atoms with Crippen LogP contribution in [0.5, 0.6) is 0 Å².